The third-order valence-corrected chi connectivity index (χ3v) is 3.88. The Morgan fingerprint density at radius 3 is 2.65 bits per heavy atom. The van der Waals surface area contributed by atoms with Crippen LogP contribution in [0.2, 0.25) is 0 Å². The zero-order chi connectivity index (χ0) is 13.5. The van der Waals surface area contributed by atoms with Gasteiger partial charge in [-0.25, -0.2) is 0 Å². The molecule has 0 radical (unpaired) electrons. The second kappa shape index (κ2) is 4.38. The lowest BCUT2D eigenvalue weighted by Crippen LogP contribution is -1.97. The highest BCUT2D eigenvalue weighted by Gasteiger charge is 2.11. The van der Waals surface area contributed by atoms with Gasteiger partial charge in [-0.3, -0.25) is 4.98 Å². The molecule has 2 aromatic carbocycles. The zero-order valence-corrected chi connectivity index (χ0v) is 11.9. The molecule has 0 fully saturated rings. The fourth-order valence-corrected chi connectivity index (χ4v) is 2.84. The fourth-order valence-electron chi connectivity index (χ4n) is 2.27. The highest BCUT2D eigenvalue weighted by molar-refractivity contribution is 9.10. The van der Waals surface area contributed by atoms with Gasteiger partial charge in [0.05, 0.1) is 5.69 Å². The Kier molecular flexibility index (Phi) is 2.53. The van der Waals surface area contributed by atoms with Crippen molar-refractivity contribution in [3.63, 3.8) is 0 Å². The summed E-state index contributed by atoms with van der Waals surface area (Å²) in [7, 11) is 0. The monoisotopic (exact) mass is 324 g/mol. The summed E-state index contributed by atoms with van der Waals surface area (Å²) in [5.41, 5.74) is 2.65. The van der Waals surface area contributed by atoms with Gasteiger partial charge in [-0.2, -0.15) is 4.80 Å². The van der Waals surface area contributed by atoms with E-state index in [1.54, 1.807) is 11.0 Å². The van der Waals surface area contributed by atoms with Crippen LogP contribution in [-0.2, 0) is 0 Å². The van der Waals surface area contributed by atoms with E-state index >= 15 is 0 Å². The molecule has 0 atom stereocenters. The van der Waals surface area contributed by atoms with Crippen molar-refractivity contribution >= 4 is 37.7 Å². The van der Waals surface area contributed by atoms with E-state index in [9.17, 15) is 0 Å². The molecule has 0 N–H and O–H groups in total. The Hall–Kier alpha value is -2.27. The van der Waals surface area contributed by atoms with Gasteiger partial charge in [0.25, 0.3) is 0 Å². The number of rotatable bonds is 1. The van der Waals surface area contributed by atoms with Crippen LogP contribution in [0.1, 0.15) is 0 Å². The minimum Gasteiger partial charge on any atom is -0.264 e. The van der Waals surface area contributed by atoms with Gasteiger partial charge >= 0.3 is 0 Å². The van der Waals surface area contributed by atoms with E-state index in [1.807, 2.05) is 48.7 Å². The topological polar surface area (TPSA) is 43.6 Å². The molecule has 2 heterocycles. The summed E-state index contributed by atoms with van der Waals surface area (Å²) in [5, 5.41) is 11.2. The molecule has 20 heavy (non-hydrogen) atoms. The lowest BCUT2D eigenvalue weighted by Gasteiger charge is -1.99. The average Bonchev–Trinajstić information content (AvgIpc) is 2.93. The fraction of sp³-hybridized carbons (Fsp3) is 0. The summed E-state index contributed by atoms with van der Waals surface area (Å²) >= 11 is 3.58. The van der Waals surface area contributed by atoms with Crippen LogP contribution in [0.4, 0.5) is 0 Å². The molecule has 0 saturated carbocycles. The first-order valence-electron chi connectivity index (χ1n) is 6.17. The number of pyridine rings is 1. The van der Waals surface area contributed by atoms with Gasteiger partial charge in [0.2, 0.25) is 0 Å². The SMILES string of the molecule is Brc1cc2nn(-c3ccccc3)nc2c2cnccc12. The van der Waals surface area contributed by atoms with Crippen LogP contribution in [0.3, 0.4) is 0 Å². The van der Waals surface area contributed by atoms with Crippen LogP contribution >= 0.6 is 15.9 Å². The molecule has 5 heteroatoms. The van der Waals surface area contributed by atoms with E-state index in [4.69, 9.17) is 0 Å². The summed E-state index contributed by atoms with van der Waals surface area (Å²) in [4.78, 5) is 5.84. The Labute approximate surface area is 123 Å². The first kappa shape index (κ1) is 11.5. The lowest BCUT2D eigenvalue weighted by molar-refractivity contribution is 0.766. The molecule has 0 aliphatic heterocycles. The number of fused-ring (bicyclic) bond motifs is 3. The van der Waals surface area contributed by atoms with Crippen LogP contribution < -0.4 is 0 Å². The van der Waals surface area contributed by atoms with Crippen LogP contribution in [0.5, 0.6) is 0 Å². The van der Waals surface area contributed by atoms with Crippen LogP contribution in [0, 0.1) is 0 Å². The van der Waals surface area contributed by atoms with Crippen molar-refractivity contribution in [1.29, 1.82) is 0 Å². The van der Waals surface area contributed by atoms with E-state index in [1.165, 1.54) is 0 Å². The third-order valence-electron chi connectivity index (χ3n) is 3.22. The largest absolute Gasteiger partial charge is 0.264 e. The molecule has 4 rings (SSSR count). The number of halogens is 1. The lowest BCUT2D eigenvalue weighted by atomic mass is 10.1. The molecule has 4 nitrogen and oxygen atoms in total. The number of nitrogens with zero attached hydrogens (tertiary/aromatic N) is 4. The first-order chi connectivity index (χ1) is 9.83. The van der Waals surface area contributed by atoms with Crippen LogP contribution in [0.25, 0.3) is 27.5 Å². The highest BCUT2D eigenvalue weighted by Crippen LogP contribution is 2.29. The summed E-state index contributed by atoms with van der Waals surface area (Å²) in [6.07, 6.45) is 3.60. The van der Waals surface area contributed by atoms with Crippen LogP contribution in [0.15, 0.2) is 59.3 Å². The zero-order valence-electron chi connectivity index (χ0n) is 10.4. The summed E-state index contributed by atoms with van der Waals surface area (Å²) < 4.78 is 1.00. The third kappa shape index (κ3) is 1.71. The smallest absolute Gasteiger partial charge is 0.123 e. The van der Waals surface area contributed by atoms with Gasteiger partial charge < -0.3 is 0 Å². The molecule has 0 saturated heterocycles. The predicted octanol–water partition coefficient (Wildman–Crippen LogP) is 3.73. The van der Waals surface area contributed by atoms with Crippen molar-refractivity contribution < 1.29 is 0 Å². The normalized spacial score (nSPS) is 11.2. The van der Waals surface area contributed by atoms with Gasteiger partial charge in [-0.15, -0.1) is 10.2 Å². The summed E-state index contributed by atoms with van der Waals surface area (Å²) in [6.45, 7) is 0. The maximum atomic E-state index is 4.60. The van der Waals surface area contributed by atoms with Crippen molar-refractivity contribution in [3.05, 3.63) is 59.3 Å². The van der Waals surface area contributed by atoms with Crippen molar-refractivity contribution in [2.24, 2.45) is 0 Å². The Morgan fingerprint density at radius 1 is 0.950 bits per heavy atom. The molecular formula is C15H9BrN4. The van der Waals surface area contributed by atoms with E-state index in [0.29, 0.717) is 0 Å². The maximum absolute atomic E-state index is 4.60. The minimum atomic E-state index is 0.848. The second-order valence-electron chi connectivity index (χ2n) is 4.47. The molecule has 0 unspecified atom stereocenters. The van der Waals surface area contributed by atoms with Gasteiger partial charge in [0.15, 0.2) is 0 Å². The predicted molar refractivity (Wildman–Crippen MR) is 81.9 cm³/mol. The average molecular weight is 325 g/mol. The second-order valence-corrected chi connectivity index (χ2v) is 5.33. The van der Waals surface area contributed by atoms with Crippen molar-refractivity contribution in [1.82, 2.24) is 20.0 Å². The molecule has 0 amide bonds. The summed E-state index contributed by atoms with van der Waals surface area (Å²) in [6, 6.07) is 13.8. The molecule has 4 aromatic rings. The van der Waals surface area contributed by atoms with E-state index in [0.717, 1.165) is 32.0 Å². The molecule has 96 valence electrons. The van der Waals surface area contributed by atoms with E-state index in [2.05, 4.69) is 31.1 Å². The standard InChI is InChI=1S/C15H9BrN4/c16-13-8-14-15(12-9-17-7-6-11(12)13)19-20(18-14)10-4-2-1-3-5-10/h1-9H. The molecule has 2 aromatic heterocycles. The van der Waals surface area contributed by atoms with Gasteiger partial charge in [-0.05, 0) is 24.3 Å². The highest BCUT2D eigenvalue weighted by atomic mass is 79.9. The first-order valence-corrected chi connectivity index (χ1v) is 6.97. The van der Waals surface area contributed by atoms with Crippen LogP contribution in [-0.4, -0.2) is 20.0 Å². The Balaban J connectivity index is 2.07. The minimum absolute atomic E-state index is 0.848. The van der Waals surface area contributed by atoms with E-state index < -0.39 is 0 Å². The molecule has 0 bridgehead atoms. The number of aromatic nitrogens is 4. The molecule has 0 aliphatic carbocycles. The van der Waals surface area contributed by atoms with E-state index in [-0.39, 0.29) is 0 Å². The number of hydrogen-bond acceptors (Lipinski definition) is 3. The maximum Gasteiger partial charge on any atom is 0.123 e. The number of hydrogen-bond donors (Lipinski definition) is 0. The number of para-hydroxylation sites is 1. The van der Waals surface area contributed by atoms with Crippen molar-refractivity contribution in [2.75, 3.05) is 0 Å². The summed E-state index contributed by atoms with van der Waals surface area (Å²) in [5.74, 6) is 0. The molecular weight excluding hydrogens is 316 g/mol. The van der Waals surface area contributed by atoms with Gasteiger partial charge in [0, 0.05) is 27.6 Å². The molecule has 0 aliphatic rings. The number of benzene rings is 2. The quantitative estimate of drug-likeness (QED) is 0.536. The van der Waals surface area contributed by atoms with Crippen molar-refractivity contribution in [3.8, 4) is 5.69 Å². The molecule has 0 spiro atoms. The van der Waals surface area contributed by atoms with Gasteiger partial charge in [0.1, 0.15) is 11.0 Å². The van der Waals surface area contributed by atoms with Gasteiger partial charge in [-0.1, -0.05) is 34.1 Å². The Morgan fingerprint density at radius 2 is 1.80 bits per heavy atom. The van der Waals surface area contributed by atoms with Crippen molar-refractivity contribution in [2.45, 2.75) is 0 Å². The Bertz CT molecular complexity index is 915.